The van der Waals surface area contributed by atoms with Crippen molar-refractivity contribution in [3.63, 3.8) is 0 Å². The fourth-order valence-electron chi connectivity index (χ4n) is 7.43. The van der Waals surface area contributed by atoms with E-state index in [1.807, 2.05) is 6.92 Å². The Labute approximate surface area is 408 Å². The maximum atomic E-state index is 13.2. The van der Waals surface area contributed by atoms with E-state index in [4.69, 9.17) is 4.74 Å². The predicted octanol–water partition coefficient (Wildman–Crippen LogP) is -3.17. The summed E-state index contributed by atoms with van der Waals surface area (Å²) in [6, 6.07) is -0.523. The van der Waals surface area contributed by atoms with Crippen LogP contribution in [0.25, 0.3) is 0 Å². The van der Waals surface area contributed by atoms with E-state index in [-0.39, 0.29) is 132 Å². The van der Waals surface area contributed by atoms with Crippen molar-refractivity contribution in [3.8, 4) is 0 Å². The molecule has 0 saturated carbocycles. The Kier molecular flexibility index (Phi) is 35.2. The van der Waals surface area contributed by atoms with E-state index in [9.17, 15) is 48.5 Å². The second-order valence-corrected chi connectivity index (χ2v) is 17.7. The molecule has 0 unspecified atom stereocenters. The Bertz CT molecular complexity index is 1430. The number of esters is 1. The molecule has 2 aliphatic rings. The van der Waals surface area contributed by atoms with Crippen LogP contribution in [-0.2, 0) is 58.1 Å². The van der Waals surface area contributed by atoms with Crippen LogP contribution in [0.5, 0.6) is 0 Å². The molecule has 2 aliphatic heterocycles. The number of carbonyl (C=O) groups excluding carboxylic acids is 2. The van der Waals surface area contributed by atoms with Crippen LogP contribution in [0, 0.1) is 0 Å². The number of cyclic esters (lactones) is 1. The summed E-state index contributed by atoms with van der Waals surface area (Å²) in [5.74, 6) is -0.309. The Hall–Kier alpha value is 1.55. The largest absolute Gasteiger partial charge is 1.00 e. The molecule has 57 heavy (non-hydrogen) atoms. The molecule has 0 bridgehead atoms. The number of fused-ring (bicyclic) bond motifs is 1. The summed E-state index contributed by atoms with van der Waals surface area (Å²) in [5.41, 5.74) is 0. The van der Waals surface area contributed by atoms with E-state index in [2.05, 4.69) is 12.5 Å². The summed E-state index contributed by atoms with van der Waals surface area (Å²) in [4.78, 5) is 27.9. The van der Waals surface area contributed by atoms with Gasteiger partial charge in [-0.15, -0.1) is 0 Å². The molecule has 0 aromatic carbocycles. The molecule has 2 rings (SSSR count). The van der Waals surface area contributed by atoms with Crippen molar-refractivity contribution in [1.82, 2.24) is 4.90 Å². The zero-order valence-electron chi connectivity index (χ0n) is 34.8. The molecule has 2 heterocycles. The SMILES string of the molecule is CCC[C@H]1CCCCCCCCC[C@H](OS(=O)(=O)[O-])[C@H](OS(=O)(=O)[O-])[C@@H](OS(=O)(=O)[O-])CCCCCCCCCCCCCC(=O)N2CCC[C@H]2C(=O)O1.[Na+].[Na+].[Na+]. The third-order valence-electron chi connectivity index (χ3n) is 10.1. The number of ether oxygens (including phenoxy) is 1. The molecule has 2 fully saturated rings. The summed E-state index contributed by atoms with van der Waals surface area (Å²) in [7, 11) is -16.6. The molecule has 2 saturated heterocycles. The normalized spacial score (nSPS) is 26.2. The molecule has 22 heteroatoms. The van der Waals surface area contributed by atoms with Crippen LogP contribution in [0.1, 0.15) is 174 Å². The third kappa shape index (κ3) is 29.5. The van der Waals surface area contributed by atoms with Gasteiger partial charge in [0.1, 0.15) is 30.5 Å². The van der Waals surface area contributed by atoms with Crippen LogP contribution in [0.2, 0.25) is 0 Å². The number of amides is 1. The maximum absolute atomic E-state index is 13.2. The van der Waals surface area contributed by atoms with E-state index < -0.39 is 55.6 Å². The topological polar surface area (TPSA) is 246 Å². The quantitative estimate of drug-likeness (QED) is 0.101. The minimum Gasteiger partial charge on any atom is -0.726 e. The van der Waals surface area contributed by atoms with E-state index >= 15 is 0 Å². The van der Waals surface area contributed by atoms with Crippen molar-refractivity contribution in [1.29, 1.82) is 0 Å². The molecule has 5 atom stereocenters. The van der Waals surface area contributed by atoms with Crippen LogP contribution < -0.4 is 88.7 Å². The number of carbonyl (C=O) groups is 2. The maximum Gasteiger partial charge on any atom is 1.00 e. The molecule has 16 nitrogen and oxygen atoms in total. The average Bonchev–Trinajstić information content (AvgIpc) is 3.56. The van der Waals surface area contributed by atoms with Gasteiger partial charge in [0.15, 0.2) is 0 Å². The van der Waals surface area contributed by atoms with Crippen LogP contribution in [0.15, 0.2) is 0 Å². The van der Waals surface area contributed by atoms with Crippen LogP contribution >= 0.6 is 0 Å². The molecule has 318 valence electrons. The van der Waals surface area contributed by atoms with Crippen molar-refractivity contribution in [2.75, 3.05) is 6.54 Å². The smallest absolute Gasteiger partial charge is 0.726 e. The Morgan fingerprint density at radius 2 is 0.947 bits per heavy atom. The minimum atomic E-state index is -5.60. The molecule has 0 radical (unpaired) electrons. The second-order valence-electron chi connectivity index (χ2n) is 14.6. The summed E-state index contributed by atoms with van der Waals surface area (Å²) in [6.07, 6.45) is 10.7. The van der Waals surface area contributed by atoms with Crippen molar-refractivity contribution >= 4 is 43.1 Å². The molecule has 0 aromatic heterocycles. The minimum absolute atomic E-state index is 0. The number of hydrogen-bond acceptors (Lipinski definition) is 15. The second kappa shape index (κ2) is 33.1. The van der Waals surface area contributed by atoms with Gasteiger partial charge in [-0.05, 0) is 51.4 Å². The Morgan fingerprint density at radius 1 is 0.561 bits per heavy atom. The van der Waals surface area contributed by atoms with Gasteiger partial charge in [0.05, 0.1) is 0 Å². The standard InChI is InChI=1S/C35H65NO15S3.3Na/c1-2-22-29-23-17-13-9-8-11-15-19-26-32(50-53(42,43)44)34(51-54(45,46)47)31(49-52(39,40)41)25-18-14-10-6-4-3-5-7-12-16-20-27-33(37)36-28-21-24-30(36)35(38)48-29;;;/h29-32,34H,2-28H2,1H3,(H,39,40,41)(H,42,43,44)(H,45,46,47);;;/q;3*+1/p-3/t29-,30-,31-,32-,34+;;;/m0.../s1. The van der Waals surface area contributed by atoms with Crippen LogP contribution in [-0.4, -0.2) is 92.7 Å². The first-order valence-electron chi connectivity index (χ1n) is 19.9. The van der Waals surface area contributed by atoms with Gasteiger partial charge in [0.25, 0.3) is 0 Å². The van der Waals surface area contributed by atoms with Crippen molar-refractivity contribution in [2.24, 2.45) is 0 Å². The summed E-state index contributed by atoms with van der Waals surface area (Å²) in [6.45, 7) is 2.60. The predicted molar refractivity (Wildman–Crippen MR) is 195 cm³/mol. The first kappa shape index (κ1) is 60.6. The van der Waals surface area contributed by atoms with Gasteiger partial charge in [-0.25, -0.2) is 30.0 Å². The number of hydrogen-bond donors (Lipinski definition) is 0. The molecular weight excluding hydrogens is 840 g/mol. The van der Waals surface area contributed by atoms with Gasteiger partial charge in [0.2, 0.25) is 37.1 Å². The molecule has 0 aliphatic carbocycles. The van der Waals surface area contributed by atoms with E-state index in [1.54, 1.807) is 4.90 Å². The average molecular weight is 902 g/mol. The zero-order valence-corrected chi connectivity index (χ0v) is 43.2. The van der Waals surface area contributed by atoms with Gasteiger partial charge in [-0.2, -0.15) is 0 Å². The first-order valence-corrected chi connectivity index (χ1v) is 23.9. The molecule has 0 N–H and O–H groups in total. The zero-order chi connectivity index (χ0) is 40.0. The fraction of sp³-hybridized carbons (Fsp3) is 0.943. The van der Waals surface area contributed by atoms with Gasteiger partial charge >= 0.3 is 94.6 Å². The van der Waals surface area contributed by atoms with E-state index in [1.165, 1.54) is 0 Å². The summed E-state index contributed by atoms with van der Waals surface area (Å²) < 4.78 is 124. The molecular formula is C35H62NNa3O15S3. The Balaban J connectivity index is 0. The van der Waals surface area contributed by atoms with Crippen molar-refractivity contribution < 1.29 is 154 Å². The molecule has 1 amide bonds. The fourth-order valence-corrected chi connectivity index (χ4v) is 8.97. The molecule has 0 aromatic rings. The van der Waals surface area contributed by atoms with Gasteiger partial charge in [0, 0.05) is 13.0 Å². The summed E-state index contributed by atoms with van der Waals surface area (Å²) >= 11 is 0. The van der Waals surface area contributed by atoms with Gasteiger partial charge in [-0.3, -0.25) is 17.3 Å². The first-order chi connectivity index (χ1) is 25.5. The van der Waals surface area contributed by atoms with Gasteiger partial charge in [-0.1, -0.05) is 116 Å². The van der Waals surface area contributed by atoms with Crippen LogP contribution in [0.3, 0.4) is 0 Å². The van der Waals surface area contributed by atoms with Crippen molar-refractivity contribution in [3.05, 3.63) is 0 Å². The number of nitrogens with zero attached hydrogens (tertiary/aromatic N) is 1. The van der Waals surface area contributed by atoms with Crippen molar-refractivity contribution in [2.45, 2.75) is 204 Å². The van der Waals surface area contributed by atoms with Crippen LogP contribution in [0.4, 0.5) is 0 Å². The van der Waals surface area contributed by atoms with Gasteiger partial charge < -0.3 is 23.3 Å². The number of rotatable bonds is 8. The van der Waals surface area contributed by atoms with E-state index in [0.717, 1.165) is 96.3 Å². The monoisotopic (exact) mass is 901 g/mol. The summed E-state index contributed by atoms with van der Waals surface area (Å²) in [5, 5.41) is 0. The third-order valence-corrected chi connectivity index (χ3v) is 11.5. The van der Waals surface area contributed by atoms with E-state index in [0.29, 0.717) is 51.5 Å². The molecule has 0 spiro atoms. The Morgan fingerprint density at radius 3 is 1.35 bits per heavy atom.